The lowest BCUT2D eigenvalue weighted by Gasteiger charge is -2.39. The van der Waals surface area contributed by atoms with Gasteiger partial charge in [-0.15, -0.1) is 0 Å². The number of ether oxygens (including phenoxy) is 1. The third-order valence-corrected chi connectivity index (χ3v) is 8.94. The molecule has 0 radical (unpaired) electrons. The summed E-state index contributed by atoms with van der Waals surface area (Å²) in [5.74, 6) is 0. The van der Waals surface area contributed by atoms with Crippen molar-refractivity contribution in [2.45, 2.75) is 88.9 Å². The predicted molar refractivity (Wildman–Crippen MR) is 118 cm³/mol. The number of nitrogens with one attached hydrogen (secondary N) is 1. The Bertz CT molecular complexity index is 1100. The summed E-state index contributed by atoms with van der Waals surface area (Å²) >= 11 is 0. The molecule has 13 heteroatoms. The van der Waals surface area contributed by atoms with Crippen LogP contribution in [0, 0.1) is 5.41 Å². The molecule has 2 aromatic rings. The van der Waals surface area contributed by atoms with Crippen molar-refractivity contribution in [2.24, 2.45) is 7.05 Å². The summed E-state index contributed by atoms with van der Waals surface area (Å²) < 4.78 is 27.5. The van der Waals surface area contributed by atoms with Crippen LogP contribution in [0.25, 0.3) is 11.2 Å². The maximum atomic E-state index is 12.9. The first-order valence-electron chi connectivity index (χ1n) is 11.0. The van der Waals surface area contributed by atoms with Crippen LogP contribution in [0.1, 0.15) is 59.6 Å². The molecule has 0 amide bonds. The Hall–Kier alpha value is -1.66. The monoisotopic (exact) mass is 487 g/mol. The van der Waals surface area contributed by atoms with E-state index in [-0.39, 0.29) is 18.3 Å². The van der Waals surface area contributed by atoms with E-state index < -0.39 is 43.1 Å². The van der Waals surface area contributed by atoms with Gasteiger partial charge in [-0.1, -0.05) is 20.8 Å². The second-order valence-electron chi connectivity index (χ2n) is 8.85. The van der Waals surface area contributed by atoms with Crippen molar-refractivity contribution in [3.8, 4) is 0 Å². The molecule has 3 heterocycles. The van der Waals surface area contributed by atoms with Gasteiger partial charge in [0.25, 0.3) is 0 Å². The van der Waals surface area contributed by atoms with Crippen molar-refractivity contribution in [1.82, 2.24) is 19.1 Å². The number of aryl methyl sites for hydroxylation is 1. The summed E-state index contributed by atoms with van der Waals surface area (Å²) in [7, 11) is -2.77. The SMILES string of the molecule is CCC(CC)(CC1O[C@@H](n2cnc3c(=N)n(C)cnc32)[C@H](O)C1O)OP(=O)(O)C(C)(O)CC. The Labute approximate surface area is 191 Å². The van der Waals surface area contributed by atoms with Crippen LogP contribution in [0.3, 0.4) is 0 Å². The molecule has 0 saturated carbocycles. The van der Waals surface area contributed by atoms with Crippen molar-refractivity contribution < 1.29 is 34.0 Å². The summed E-state index contributed by atoms with van der Waals surface area (Å²) in [4.78, 5) is 19.0. The molecule has 0 spiro atoms. The highest BCUT2D eigenvalue weighted by Gasteiger charge is 2.51. The van der Waals surface area contributed by atoms with Crippen LogP contribution < -0.4 is 5.49 Å². The van der Waals surface area contributed by atoms with Crippen molar-refractivity contribution in [3.63, 3.8) is 0 Å². The Morgan fingerprint density at radius 2 is 1.82 bits per heavy atom. The molecule has 3 rings (SSSR count). The fourth-order valence-corrected chi connectivity index (χ4v) is 5.42. The van der Waals surface area contributed by atoms with Crippen LogP contribution in [0.2, 0.25) is 0 Å². The van der Waals surface area contributed by atoms with E-state index >= 15 is 0 Å². The molecule has 1 saturated heterocycles. The molecule has 1 aliphatic heterocycles. The predicted octanol–water partition coefficient (Wildman–Crippen LogP) is 1.14. The largest absolute Gasteiger partial charge is 0.388 e. The molecular formula is C20H34N5O7P. The van der Waals surface area contributed by atoms with Crippen LogP contribution >= 0.6 is 7.60 Å². The minimum absolute atomic E-state index is 0.0117. The molecule has 0 bridgehead atoms. The number of hydrogen-bond donors (Lipinski definition) is 5. The summed E-state index contributed by atoms with van der Waals surface area (Å²) in [6.07, 6.45) is -1.10. The minimum atomic E-state index is -4.44. The number of aromatic nitrogens is 4. The third-order valence-electron chi connectivity index (χ3n) is 6.77. The van der Waals surface area contributed by atoms with Crippen LogP contribution in [0.15, 0.2) is 12.7 Å². The van der Waals surface area contributed by atoms with Gasteiger partial charge in [0.05, 0.1) is 24.4 Å². The fraction of sp³-hybridized carbons (Fsp3) is 0.750. The highest BCUT2D eigenvalue weighted by molar-refractivity contribution is 7.54. The van der Waals surface area contributed by atoms with Gasteiger partial charge in [-0.2, -0.15) is 0 Å². The molecule has 33 heavy (non-hydrogen) atoms. The van der Waals surface area contributed by atoms with Gasteiger partial charge in [0.2, 0.25) is 0 Å². The van der Waals surface area contributed by atoms with Crippen LogP contribution in [0.4, 0.5) is 0 Å². The van der Waals surface area contributed by atoms with Gasteiger partial charge in [0, 0.05) is 13.5 Å². The van der Waals surface area contributed by atoms with Gasteiger partial charge in [0.15, 0.2) is 22.7 Å². The Morgan fingerprint density at radius 1 is 1.18 bits per heavy atom. The topological polar surface area (TPSA) is 176 Å². The normalized spacial score (nSPS) is 27.5. The lowest BCUT2D eigenvalue weighted by molar-refractivity contribution is -0.0753. The van der Waals surface area contributed by atoms with E-state index in [4.69, 9.17) is 14.7 Å². The second kappa shape index (κ2) is 9.18. The second-order valence-corrected chi connectivity index (χ2v) is 11.0. The molecule has 6 atom stereocenters. The first-order chi connectivity index (χ1) is 15.3. The molecule has 0 aliphatic carbocycles. The molecule has 1 aliphatic rings. The van der Waals surface area contributed by atoms with E-state index in [1.807, 2.05) is 0 Å². The third kappa shape index (κ3) is 4.53. The van der Waals surface area contributed by atoms with E-state index in [2.05, 4.69) is 9.97 Å². The average molecular weight is 487 g/mol. The zero-order valence-electron chi connectivity index (χ0n) is 19.5. The van der Waals surface area contributed by atoms with Gasteiger partial charge < -0.3 is 29.5 Å². The number of aliphatic hydroxyl groups is 3. The van der Waals surface area contributed by atoms with E-state index in [0.29, 0.717) is 24.0 Å². The van der Waals surface area contributed by atoms with Gasteiger partial charge in [0.1, 0.15) is 17.7 Å². The van der Waals surface area contributed by atoms with Crippen LogP contribution in [-0.4, -0.2) is 68.6 Å². The zero-order chi connectivity index (χ0) is 24.8. The Kier molecular flexibility index (Phi) is 7.22. The van der Waals surface area contributed by atoms with Gasteiger partial charge in [-0.05, 0) is 26.2 Å². The fourth-order valence-electron chi connectivity index (χ4n) is 3.96. The van der Waals surface area contributed by atoms with Crippen molar-refractivity contribution >= 4 is 18.8 Å². The van der Waals surface area contributed by atoms with Gasteiger partial charge in [-0.3, -0.25) is 19.1 Å². The maximum Gasteiger partial charge on any atom is 0.359 e. The zero-order valence-corrected chi connectivity index (χ0v) is 20.4. The number of fused-ring (bicyclic) bond motifs is 1. The number of nitrogens with zero attached hydrogens (tertiary/aromatic N) is 4. The molecule has 12 nitrogen and oxygen atoms in total. The van der Waals surface area contributed by atoms with Gasteiger partial charge in [-0.25, -0.2) is 9.97 Å². The quantitative estimate of drug-likeness (QED) is 0.325. The first-order valence-corrected chi connectivity index (χ1v) is 12.6. The average Bonchev–Trinajstić information content (AvgIpc) is 3.32. The maximum absolute atomic E-state index is 12.9. The summed E-state index contributed by atoms with van der Waals surface area (Å²) in [5.41, 5.74) is -0.408. The summed E-state index contributed by atoms with van der Waals surface area (Å²) in [5, 5.41) is 38.1. The van der Waals surface area contributed by atoms with E-state index in [1.54, 1.807) is 27.8 Å². The van der Waals surface area contributed by atoms with E-state index in [9.17, 15) is 24.8 Å². The van der Waals surface area contributed by atoms with Gasteiger partial charge >= 0.3 is 7.60 Å². The van der Waals surface area contributed by atoms with Crippen LogP contribution in [-0.2, 0) is 20.9 Å². The molecule has 186 valence electrons. The standard InChI is InChI=1S/C20H34N5O7P/c1-6-19(4,28)33(29,30)32-20(7-2,8-3)9-12-14(26)15(27)18(31-12)25-11-22-13-16(21)24(5)10-23-17(13)25/h10-12,14-15,18,21,26-28H,6-9H2,1-5H3,(H,29,30)/t12?,14?,15-,18-,19?/m1/s1. The molecular weight excluding hydrogens is 453 g/mol. The molecule has 0 aromatic carbocycles. The number of imidazole rings is 1. The lowest BCUT2D eigenvalue weighted by Crippen LogP contribution is -2.41. The number of aliphatic hydroxyl groups excluding tert-OH is 2. The smallest absolute Gasteiger partial charge is 0.359 e. The first kappa shape index (κ1) is 26.0. The number of rotatable bonds is 9. The highest BCUT2D eigenvalue weighted by Crippen LogP contribution is 2.59. The summed E-state index contributed by atoms with van der Waals surface area (Å²) in [6.45, 7) is 6.40. The Morgan fingerprint density at radius 3 is 2.39 bits per heavy atom. The number of hydrogen-bond acceptors (Lipinski definition) is 9. The van der Waals surface area contributed by atoms with Crippen molar-refractivity contribution in [3.05, 3.63) is 18.1 Å². The van der Waals surface area contributed by atoms with Crippen molar-refractivity contribution in [2.75, 3.05) is 0 Å². The van der Waals surface area contributed by atoms with E-state index in [0.717, 1.165) is 0 Å². The molecule has 5 N–H and O–H groups in total. The molecule has 1 fully saturated rings. The van der Waals surface area contributed by atoms with E-state index in [1.165, 1.54) is 28.7 Å². The summed E-state index contributed by atoms with van der Waals surface area (Å²) in [6, 6.07) is 0. The van der Waals surface area contributed by atoms with Crippen LogP contribution in [0.5, 0.6) is 0 Å². The minimum Gasteiger partial charge on any atom is -0.388 e. The Balaban J connectivity index is 1.89. The lowest BCUT2D eigenvalue weighted by atomic mass is 9.88. The molecule has 2 aromatic heterocycles. The molecule has 4 unspecified atom stereocenters. The van der Waals surface area contributed by atoms with Crippen molar-refractivity contribution in [1.29, 1.82) is 5.41 Å². The highest BCUT2D eigenvalue weighted by atomic mass is 31.2.